The predicted octanol–water partition coefficient (Wildman–Crippen LogP) is 6.02. The van der Waals surface area contributed by atoms with Gasteiger partial charge < -0.3 is 19.5 Å². The first kappa shape index (κ1) is 27.3. The predicted molar refractivity (Wildman–Crippen MR) is 149 cm³/mol. The number of hydrogen-bond acceptors (Lipinski definition) is 7. The number of anilines is 3. The molecule has 4 heterocycles. The first-order valence-corrected chi connectivity index (χ1v) is 13.6. The molecule has 216 valence electrons. The second kappa shape index (κ2) is 10.2. The third-order valence-electron chi connectivity index (χ3n) is 7.62. The van der Waals surface area contributed by atoms with Crippen molar-refractivity contribution in [1.82, 2.24) is 24.4 Å². The second-order valence-electron chi connectivity index (χ2n) is 11.0. The molecule has 2 aromatic carbocycles. The molecule has 0 radical (unpaired) electrons. The van der Waals surface area contributed by atoms with Gasteiger partial charge in [-0.05, 0) is 57.5 Å². The molecule has 2 aliphatic rings. The van der Waals surface area contributed by atoms with Crippen LogP contribution in [0.5, 0.6) is 5.75 Å². The number of piperazine rings is 1. The number of rotatable bonds is 5. The Morgan fingerprint density at radius 3 is 2.66 bits per heavy atom. The van der Waals surface area contributed by atoms with Crippen LogP contribution in [0.4, 0.5) is 34.9 Å². The average Bonchev–Trinajstić information content (AvgIpc) is 3.25. The van der Waals surface area contributed by atoms with Gasteiger partial charge in [0, 0.05) is 43.0 Å². The van der Waals surface area contributed by atoms with Gasteiger partial charge in [0.15, 0.2) is 5.82 Å². The van der Waals surface area contributed by atoms with E-state index in [1.54, 1.807) is 6.07 Å². The quantitative estimate of drug-likeness (QED) is 0.295. The Bertz CT molecular complexity index is 1620. The van der Waals surface area contributed by atoms with Crippen molar-refractivity contribution in [3.63, 3.8) is 0 Å². The van der Waals surface area contributed by atoms with Crippen molar-refractivity contribution in [2.45, 2.75) is 46.0 Å². The Labute approximate surface area is 235 Å². The minimum atomic E-state index is -4.22. The van der Waals surface area contributed by atoms with E-state index in [0.717, 1.165) is 34.3 Å². The van der Waals surface area contributed by atoms with Gasteiger partial charge in [0.1, 0.15) is 23.9 Å². The van der Waals surface area contributed by atoms with Crippen LogP contribution < -0.4 is 15.0 Å². The highest BCUT2D eigenvalue weighted by Crippen LogP contribution is 2.38. The Hall–Kier alpha value is -3.93. The number of nitrogens with zero attached hydrogens (tertiary/aromatic N) is 6. The number of halogens is 4. The molecule has 1 unspecified atom stereocenters. The number of hydrogen-bond donors (Lipinski definition) is 1. The summed E-state index contributed by atoms with van der Waals surface area (Å²) in [5.41, 5.74) is 5.02. The zero-order valence-electron chi connectivity index (χ0n) is 23.3. The fourth-order valence-corrected chi connectivity index (χ4v) is 5.93. The van der Waals surface area contributed by atoms with E-state index in [0.29, 0.717) is 30.1 Å². The number of ether oxygens (including phenoxy) is 1. The van der Waals surface area contributed by atoms with Crippen LogP contribution in [0.15, 0.2) is 36.5 Å². The van der Waals surface area contributed by atoms with Gasteiger partial charge in [-0.3, -0.25) is 4.90 Å². The highest BCUT2D eigenvalue weighted by Gasteiger charge is 2.37. The number of aromatic nitrogens is 4. The molecule has 1 N–H and O–H groups in total. The molecule has 6 rings (SSSR count). The van der Waals surface area contributed by atoms with Crippen molar-refractivity contribution in [2.75, 3.05) is 43.0 Å². The van der Waals surface area contributed by atoms with Crippen molar-refractivity contribution >= 4 is 28.4 Å². The van der Waals surface area contributed by atoms with E-state index in [4.69, 9.17) is 9.72 Å². The van der Waals surface area contributed by atoms with E-state index in [1.165, 1.54) is 4.90 Å². The zero-order chi connectivity index (χ0) is 29.1. The molecular weight excluding hydrogens is 538 g/mol. The van der Waals surface area contributed by atoms with Crippen molar-refractivity contribution in [3.8, 4) is 17.0 Å². The fourth-order valence-electron chi connectivity index (χ4n) is 5.93. The molecule has 0 bridgehead atoms. The van der Waals surface area contributed by atoms with Crippen LogP contribution in [0.3, 0.4) is 0 Å². The molecule has 4 aromatic rings. The third kappa shape index (κ3) is 5.28. The molecule has 1 atom stereocenters. The van der Waals surface area contributed by atoms with Crippen LogP contribution in [0.1, 0.15) is 31.3 Å². The van der Waals surface area contributed by atoms with Crippen LogP contribution in [-0.2, 0) is 0 Å². The van der Waals surface area contributed by atoms with Gasteiger partial charge in [0.05, 0.1) is 35.5 Å². The van der Waals surface area contributed by atoms with Gasteiger partial charge in [-0.15, -0.1) is 0 Å². The number of aryl methyl sites for hydroxylation is 2. The standard InChI is InChI=1S/C29H31F4N7O/c1-16(2)40-18(4)35-26-17(3)9-19(10-24(26)40)27-22(30)12-34-28(37-27)36-20-5-6-23-25(11-20)41-14-21-13-38(7-8-39(21)23)15-29(31,32)33/h5-6,9-12,16,21H,7-8,13-15H2,1-4H3,(H,34,36,37). The summed E-state index contributed by atoms with van der Waals surface area (Å²) in [5, 5.41) is 3.14. The lowest BCUT2D eigenvalue weighted by Gasteiger charge is -2.45. The highest BCUT2D eigenvalue weighted by molar-refractivity contribution is 5.85. The number of alkyl halides is 3. The molecule has 0 spiro atoms. The summed E-state index contributed by atoms with van der Waals surface area (Å²) in [7, 11) is 0. The zero-order valence-corrected chi connectivity index (χ0v) is 23.3. The molecular formula is C29H31F4N7O. The van der Waals surface area contributed by atoms with Crippen molar-refractivity contribution in [3.05, 3.63) is 53.7 Å². The van der Waals surface area contributed by atoms with E-state index in [2.05, 4.69) is 38.6 Å². The van der Waals surface area contributed by atoms with E-state index >= 15 is 4.39 Å². The molecule has 0 aliphatic carbocycles. The van der Waals surface area contributed by atoms with E-state index in [9.17, 15) is 13.2 Å². The molecule has 0 saturated carbocycles. The summed E-state index contributed by atoms with van der Waals surface area (Å²) < 4.78 is 61.7. The monoisotopic (exact) mass is 569 g/mol. The van der Waals surface area contributed by atoms with Gasteiger partial charge in [0.25, 0.3) is 0 Å². The Morgan fingerprint density at radius 1 is 1.10 bits per heavy atom. The summed E-state index contributed by atoms with van der Waals surface area (Å²) >= 11 is 0. The molecule has 41 heavy (non-hydrogen) atoms. The SMILES string of the molecule is Cc1cc(-c2nc(Nc3ccc4c(c3)OCC3CN(CC(F)(F)F)CCN43)ncc2F)cc2c1nc(C)n2C(C)C. The first-order chi connectivity index (χ1) is 19.5. The number of imidazole rings is 1. The topological polar surface area (TPSA) is 71.3 Å². The van der Waals surface area contributed by atoms with Crippen LogP contribution in [0.2, 0.25) is 0 Å². The first-order valence-electron chi connectivity index (χ1n) is 13.6. The van der Waals surface area contributed by atoms with Gasteiger partial charge in [0.2, 0.25) is 5.95 Å². The maximum Gasteiger partial charge on any atom is 0.401 e. The van der Waals surface area contributed by atoms with Crippen LogP contribution in [0, 0.1) is 19.7 Å². The van der Waals surface area contributed by atoms with Crippen LogP contribution in [-0.4, -0.2) is 69.4 Å². The van der Waals surface area contributed by atoms with E-state index in [1.807, 2.05) is 38.1 Å². The van der Waals surface area contributed by atoms with Gasteiger partial charge >= 0.3 is 6.18 Å². The Kier molecular flexibility index (Phi) is 6.75. The smallest absolute Gasteiger partial charge is 0.401 e. The summed E-state index contributed by atoms with van der Waals surface area (Å²) in [6.07, 6.45) is -3.07. The van der Waals surface area contributed by atoms with Crippen molar-refractivity contribution in [1.29, 1.82) is 0 Å². The highest BCUT2D eigenvalue weighted by atomic mass is 19.4. The van der Waals surface area contributed by atoms with Gasteiger partial charge in [-0.2, -0.15) is 13.2 Å². The Morgan fingerprint density at radius 2 is 1.90 bits per heavy atom. The summed E-state index contributed by atoms with van der Waals surface area (Å²) in [6, 6.07) is 9.34. The molecule has 1 fully saturated rings. The van der Waals surface area contributed by atoms with Crippen molar-refractivity contribution < 1.29 is 22.3 Å². The Balaban J connectivity index is 1.24. The molecule has 8 nitrogen and oxygen atoms in total. The lowest BCUT2D eigenvalue weighted by molar-refractivity contribution is -0.147. The van der Waals surface area contributed by atoms with Gasteiger partial charge in [-0.25, -0.2) is 19.3 Å². The lowest BCUT2D eigenvalue weighted by Crippen LogP contribution is -2.58. The minimum absolute atomic E-state index is 0.156. The van der Waals surface area contributed by atoms with E-state index in [-0.39, 0.29) is 36.9 Å². The second-order valence-corrected chi connectivity index (χ2v) is 11.0. The number of fused-ring (bicyclic) bond motifs is 4. The maximum absolute atomic E-state index is 15.0. The molecule has 2 aromatic heterocycles. The summed E-state index contributed by atoms with van der Waals surface area (Å²) in [6.45, 7) is 8.54. The lowest BCUT2D eigenvalue weighted by atomic mass is 10.1. The molecule has 0 amide bonds. The maximum atomic E-state index is 15.0. The third-order valence-corrected chi connectivity index (χ3v) is 7.62. The molecule has 12 heteroatoms. The summed E-state index contributed by atoms with van der Waals surface area (Å²) in [4.78, 5) is 16.9. The minimum Gasteiger partial charge on any atom is -0.489 e. The summed E-state index contributed by atoms with van der Waals surface area (Å²) in [5.74, 6) is 1.20. The normalized spacial score (nSPS) is 17.5. The van der Waals surface area contributed by atoms with Crippen molar-refractivity contribution in [2.24, 2.45) is 0 Å². The van der Waals surface area contributed by atoms with E-state index < -0.39 is 18.5 Å². The average molecular weight is 570 g/mol. The van der Waals surface area contributed by atoms with Crippen LogP contribution in [0.25, 0.3) is 22.3 Å². The van der Waals surface area contributed by atoms with Crippen LogP contribution >= 0.6 is 0 Å². The fraction of sp³-hybridized carbons (Fsp3) is 0.414. The molecule has 2 aliphatic heterocycles. The number of nitrogens with one attached hydrogen (secondary N) is 1. The van der Waals surface area contributed by atoms with Gasteiger partial charge in [-0.1, -0.05) is 0 Å². The largest absolute Gasteiger partial charge is 0.489 e. The number of benzene rings is 2. The molecule has 1 saturated heterocycles.